The van der Waals surface area contributed by atoms with E-state index >= 15 is 0 Å². The van der Waals surface area contributed by atoms with Crippen molar-refractivity contribution in [3.05, 3.63) is 42.2 Å². The molecular formula is C18H14N4O. The minimum Gasteiger partial charge on any atom is -0.488 e. The Bertz CT molecular complexity index is 941. The number of aromatic nitrogens is 3. The highest BCUT2D eigenvalue weighted by atomic mass is 16.5. The Morgan fingerprint density at radius 3 is 2.83 bits per heavy atom. The first-order valence-corrected chi connectivity index (χ1v) is 7.39. The van der Waals surface area contributed by atoms with Crippen LogP contribution in [0.1, 0.15) is 18.4 Å². The van der Waals surface area contributed by atoms with Gasteiger partial charge in [0.15, 0.2) is 5.82 Å². The molecule has 2 aromatic heterocycles. The highest BCUT2D eigenvalue weighted by Gasteiger charge is 2.25. The summed E-state index contributed by atoms with van der Waals surface area (Å²) in [4.78, 5) is 12.9. The van der Waals surface area contributed by atoms with Crippen LogP contribution in [0.15, 0.2) is 36.7 Å². The lowest BCUT2D eigenvalue weighted by Crippen LogP contribution is -2.02. The zero-order chi connectivity index (χ0) is 15.8. The minimum atomic E-state index is 0.252. The Hall–Kier alpha value is -3.13. The van der Waals surface area contributed by atoms with E-state index in [0.29, 0.717) is 22.6 Å². The first-order valence-electron chi connectivity index (χ1n) is 7.39. The molecule has 3 aromatic rings. The van der Waals surface area contributed by atoms with Gasteiger partial charge in [0, 0.05) is 17.2 Å². The normalized spacial score (nSPS) is 13.7. The SMILES string of the molecule is C#Cc1cccc(-c2cc(OC3CC3)c3ncnc(N)c3n2)c1. The largest absolute Gasteiger partial charge is 0.488 e. The maximum absolute atomic E-state index is 5.99. The minimum absolute atomic E-state index is 0.252. The number of benzene rings is 1. The molecule has 2 heterocycles. The molecule has 0 spiro atoms. The van der Waals surface area contributed by atoms with E-state index in [1.807, 2.05) is 30.3 Å². The molecule has 0 bridgehead atoms. The number of nitrogens with zero attached hydrogens (tertiary/aromatic N) is 3. The smallest absolute Gasteiger partial charge is 0.153 e. The van der Waals surface area contributed by atoms with Gasteiger partial charge < -0.3 is 10.5 Å². The summed E-state index contributed by atoms with van der Waals surface area (Å²) < 4.78 is 5.99. The third-order valence-electron chi connectivity index (χ3n) is 3.73. The molecule has 2 N–H and O–H groups in total. The van der Waals surface area contributed by atoms with E-state index in [2.05, 4.69) is 20.9 Å². The number of ether oxygens (including phenoxy) is 1. The molecule has 0 atom stereocenters. The number of rotatable bonds is 3. The van der Waals surface area contributed by atoms with Crippen LogP contribution in [-0.4, -0.2) is 21.1 Å². The number of pyridine rings is 1. The lowest BCUT2D eigenvalue weighted by molar-refractivity contribution is 0.306. The fourth-order valence-corrected chi connectivity index (χ4v) is 2.40. The molecular weight excluding hydrogens is 288 g/mol. The summed E-state index contributed by atoms with van der Waals surface area (Å²) in [5.74, 6) is 3.66. The average molecular weight is 302 g/mol. The monoisotopic (exact) mass is 302 g/mol. The van der Waals surface area contributed by atoms with Crippen LogP contribution in [0, 0.1) is 12.3 Å². The highest BCUT2D eigenvalue weighted by molar-refractivity contribution is 5.90. The van der Waals surface area contributed by atoms with E-state index < -0.39 is 0 Å². The maximum atomic E-state index is 5.99. The molecule has 1 fully saturated rings. The van der Waals surface area contributed by atoms with Crippen molar-refractivity contribution in [2.75, 3.05) is 5.73 Å². The summed E-state index contributed by atoms with van der Waals surface area (Å²) in [6.07, 6.45) is 9.28. The van der Waals surface area contributed by atoms with Crippen LogP contribution in [-0.2, 0) is 0 Å². The van der Waals surface area contributed by atoms with E-state index in [0.717, 1.165) is 29.7 Å². The zero-order valence-corrected chi connectivity index (χ0v) is 12.4. The quantitative estimate of drug-likeness (QED) is 0.753. The van der Waals surface area contributed by atoms with Gasteiger partial charge in [-0.3, -0.25) is 0 Å². The standard InChI is InChI=1S/C18H14N4O/c1-2-11-4-3-5-12(8-11)14-9-15(23-13-6-7-13)16-17(22-14)18(19)21-10-20-16/h1,3-5,8-10,13H,6-7H2,(H2,19,20,21). The second-order valence-corrected chi connectivity index (χ2v) is 5.50. The molecule has 0 aliphatic heterocycles. The van der Waals surface area contributed by atoms with Gasteiger partial charge >= 0.3 is 0 Å². The predicted molar refractivity (Wildman–Crippen MR) is 88.8 cm³/mol. The van der Waals surface area contributed by atoms with Crippen molar-refractivity contribution in [2.24, 2.45) is 0 Å². The molecule has 0 amide bonds. The molecule has 1 aliphatic rings. The predicted octanol–water partition coefficient (Wildman–Crippen LogP) is 2.80. The molecule has 4 rings (SSSR count). The number of nitrogen functional groups attached to an aromatic ring is 1. The summed E-state index contributed by atoms with van der Waals surface area (Å²) in [6, 6.07) is 9.54. The summed E-state index contributed by atoms with van der Waals surface area (Å²) in [7, 11) is 0. The number of fused-ring (bicyclic) bond motifs is 1. The number of nitrogens with two attached hydrogens (primary N) is 1. The molecule has 1 saturated carbocycles. The van der Waals surface area contributed by atoms with E-state index in [4.69, 9.17) is 16.9 Å². The fraction of sp³-hybridized carbons (Fsp3) is 0.167. The van der Waals surface area contributed by atoms with Crippen LogP contribution in [0.3, 0.4) is 0 Å². The molecule has 5 heteroatoms. The number of hydrogen-bond donors (Lipinski definition) is 1. The topological polar surface area (TPSA) is 73.9 Å². The van der Waals surface area contributed by atoms with Crippen molar-refractivity contribution in [3.63, 3.8) is 0 Å². The van der Waals surface area contributed by atoms with Gasteiger partial charge in [-0.15, -0.1) is 6.42 Å². The van der Waals surface area contributed by atoms with Gasteiger partial charge in [0.05, 0.1) is 11.8 Å². The summed E-state index contributed by atoms with van der Waals surface area (Å²) in [5.41, 5.74) is 9.61. The Morgan fingerprint density at radius 2 is 2.04 bits per heavy atom. The van der Waals surface area contributed by atoms with Crippen LogP contribution in [0.5, 0.6) is 5.75 Å². The van der Waals surface area contributed by atoms with Gasteiger partial charge in [0.2, 0.25) is 0 Å². The molecule has 1 aromatic carbocycles. The number of anilines is 1. The van der Waals surface area contributed by atoms with Gasteiger partial charge in [0.25, 0.3) is 0 Å². The van der Waals surface area contributed by atoms with E-state index in [1.54, 1.807) is 0 Å². The second kappa shape index (κ2) is 5.25. The Morgan fingerprint density at radius 1 is 1.17 bits per heavy atom. The molecule has 1 aliphatic carbocycles. The Balaban J connectivity index is 1.92. The van der Waals surface area contributed by atoms with Crippen LogP contribution in [0.4, 0.5) is 5.82 Å². The third kappa shape index (κ3) is 2.55. The van der Waals surface area contributed by atoms with Crippen LogP contribution >= 0.6 is 0 Å². The lowest BCUT2D eigenvalue weighted by Gasteiger charge is -2.11. The first kappa shape index (κ1) is 13.5. The summed E-state index contributed by atoms with van der Waals surface area (Å²) in [6.45, 7) is 0. The van der Waals surface area contributed by atoms with Crippen molar-refractivity contribution in [1.29, 1.82) is 0 Å². The van der Waals surface area contributed by atoms with Crippen LogP contribution < -0.4 is 10.5 Å². The van der Waals surface area contributed by atoms with Crippen molar-refractivity contribution in [2.45, 2.75) is 18.9 Å². The van der Waals surface area contributed by atoms with Crippen molar-refractivity contribution in [3.8, 4) is 29.4 Å². The van der Waals surface area contributed by atoms with Crippen LogP contribution in [0.2, 0.25) is 0 Å². The van der Waals surface area contributed by atoms with Gasteiger partial charge in [0.1, 0.15) is 23.1 Å². The fourth-order valence-electron chi connectivity index (χ4n) is 2.40. The van der Waals surface area contributed by atoms with E-state index in [-0.39, 0.29) is 6.10 Å². The molecule has 0 radical (unpaired) electrons. The molecule has 23 heavy (non-hydrogen) atoms. The Labute approximate surface area is 133 Å². The van der Waals surface area contributed by atoms with Crippen molar-refractivity contribution in [1.82, 2.24) is 15.0 Å². The van der Waals surface area contributed by atoms with E-state index in [1.165, 1.54) is 6.33 Å². The van der Waals surface area contributed by atoms with Gasteiger partial charge in [-0.05, 0) is 25.0 Å². The zero-order valence-electron chi connectivity index (χ0n) is 12.4. The number of hydrogen-bond acceptors (Lipinski definition) is 5. The highest BCUT2D eigenvalue weighted by Crippen LogP contribution is 2.34. The Kier molecular flexibility index (Phi) is 3.09. The van der Waals surface area contributed by atoms with Gasteiger partial charge in [-0.1, -0.05) is 18.1 Å². The van der Waals surface area contributed by atoms with Crippen molar-refractivity contribution < 1.29 is 4.74 Å². The second-order valence-electron chi connectivity index (χ2n) is 5.50. The molecule has 5 nitrogen and oxygen atoms in total. The molecule has 0 saturated heterocycles. The van der Waals surface area contributed by atoms with Gasteiger partial charge in [-0.25, -0.2) is 15.0 Å². The molecule has 112 valence electrons. The van der Waals surface area contributed by atoms with E-state index in [9.17, 15) is 0 Å². The average Bonchev–Trinajstić information content (AvgIpc) is 3.39. The lowest BCUT2D eigenvalue weighted by atomic mass is 10.1. The summed E-state index contributed by atoms with van der Waals surface area (Å²) in [5, 5.41) is 0. The maximum Gasteiger partial charge on any atom is 0.153 e. The third-order valence-corrected chi connectivity index (χ3v) is 3.73. The molecule has 0 unspecified atom stereocenters. The first-order chi connectivity index (χ1) is 11.2. The number of terminal acetylenes is 1. The summed E-state index contributed by atoms with van der Waals surface area (Å²) >= 11 is 0. The van der Waals surface area contributed by atoms with Crippen LogP contribution in [0.25, 0.3) is 22.3 Å². The van der Waals surface area contributed by atoms with Crippen molar-refractivity contribution >= 4 is 16.9 Å². The van der Waals surface area contributed by atoms with Gasteiger partial charge in [-0.2, -0.15) is 0 Å².